The van der Waals surface area contributed by atoms with Crippen LogP contribution in [0, 0.1) is 0 Å². The van der Waals surface area contributed by atoms with Crippen LogP contribution >= 0.6 is 0 Å². The monoisotopic (exact) mass is 216 g/mol. The van der Waals surface area contributed by atoms with Gasteiger partial charge in [0.2, 0.25) is 0 Å². The molecule has 1 fully saturated rings. The van der Waals surface area contributed by atoms with Crippen LogP contribution in [0.4, 0.5) is 4.79 Å². The topological polar surface area (TPSA) is 55.6 Å². The zero-order chi connectivity index (χ0) is 11.9. The first kappa shape index (κ1) is 14.2. The van der Waals surface area contributed by atoms with Crippen molar-refractivity contribution in [3.63, 3.8) is 0 Å². The molecule has 0 atom stereocenters. The van der Waals surface area contributed by atoms with Crippen LogP contribution in [-0.4, -0.2) is 36.7 Å². The third kappa shape index (κ3) is 11.2. The van der Waals surface area contributed by atoms with Gasteiger partial charge in [0.15, 0.2) is 0 Å². The number of carbonyl (C=O) groups is 1. The number of hydrogen-bond acceptors (Lipinski definition) is 3. The Hall–Kier alpha value is -0.770. The molecule has 0 radical (unpaired) electrons. The molecule has 1 aliphatic rings. The molecule has 90 valence electrons. The maximum absolute atomic E-state index is 10.0. The van der Waals surface area contributed by atoms with E-state index >= 15 is 0 Å². The van der Waals surface area contributed by atoms with Crippen LogP contribution in [0.2, 0.25) is 0 Å². The van der Waals surface area contributed by atoms with E-state index in [4.69, 9.17) is 5.73 Å². The lowest BCUT2D eigenvalue weighted by atomic mass is 10.1. The molecule has 1 heterocycles. The Morgan fingerprint density at radius 1 is 1.20 bits per heavy atom. The Morgan fingerprint density at radius 2 is 1.67 bits per heavy atom. The van der Waals surface area contributed by atoms with Gasteiger partial charge < -0.3 is 15.4 Å². The molecule has 1 aliphatic heterocycles. The Labute approximate surface area is 92.8 Å². The molecule has 0 saturated carbocycles. The second-order valence-corrected chi connectivity index (χ2v) is 4.90. The van der Waals surface area contributed by atoms with Gasteiger partial charge in [0, 0.05) is 0 Å². The summed E-state index contributed by atoms with van der Waals surface area (Å²) in [6.45, 7) is 7.92. The minimum absolute atomic E-state index is 0.453. The second kappa shape index (κ2) is 6.67. The average molecular weight is 216 g/mol. The molecule has 0 unspecified atom stereocenters. The first-order valence-electron chi connectivity index (χ1n) is 5.48. The summed E-state index contributed by atoms with van der Waals surface area (Å²) in [5.41, 5.74) is 4.26. The van der Waals surface area contributed by atoms with E-state index in [1.165, 1.54) is 32.4 Å². The third-order valence-corrected chi connectivity index (χ3v) is 1.99. The largest absolute Gasteiger partial charge is 0.444 e. The van der Waals surface area contributed by atoms with Gasteiger partial charge in [0.1, 0.15) is 5.60 Å². The summed E-state index contributed by atoms with van der Waals surface area (Å²) in [6.07, 6.45) is 3.55. The number of piperidine rings is 1. The highest BCUT2D eigenvalue weighted by atomic mass is 16.6. The van der Waals surface area contributed by atoms with Gasteiger partial charge >= 0.3 is 6.09 Å². The van der Waals surface area contributed by atoms with Crippen molar-refractivity contribution in [3.05, 3.63) is 0 Å². The molecule has 0 spiro atoms. The highest BCUT2D eigenvalue weighted by Gasteiger charge is 2.12. The molecule has 0 aliphatic carbocycles. The number of rotatable bonds is 0. The van der Waals surface area contributed by atoms with Crippen molar-refractivity contribution in [1.82, 2.24) is 4.90 Å². The molecule has 4 nitrogen and oxygen atoms in total. The van der Waals surface area contributed by atoms with E-state index in [1.807, 2.05) is 0 Å². The van der Waals surface area contributed by atoms with Gasteiger partial charge in [-0.15, -0.1) is 0 Å². The number of amides is 1. The summed E-state index contributed by atoms with van der Waals surface area (Å²) < 4.78 is 4.58. The molecule has 0 aromatic heterocycles. The molecule has 2 N–H and O–H groups in total. The highest BCUT2D eigenvalue weighted by molar-refractivity contribution is 5.65. The lowest BCUT2D eigenvalue weighted by molar-refractivity contribution is 0.0600. The lowest BCUT2D eigenvalue weighted by Gasteiger charge is -2.20. The Morgan fingerprint density at radius 3 is 1.80 bits per heavy atom. The first-order valence-corrected chi connectivity index (χ1v) is 5.48. The van der Waals surface area contributed by atoms with Crippen LogP contribution in [0.25, 0.3) is 0 Å². The zero-order valence-corrected chi connectivity index (χ0v) is 10.4. The third-order valence-electron chi connectivity index (χ3n) is 1.99. The van der Waals surface area contributed by atoms with Crippen LogP contribution in [0.1, 0.15) is 40.0 Å². The summed E-state index contributed by atoms with van der Waals surface area (Å²) in [5, 5.41) is 0. The molecule has 4 heteroatoms. The smallest absolute Gasteiger partial charge is 0.405 e. The number of nitrogens with zero attached hydrogens (tertiary/aromatic N) is 1. The zero-order valence-electron chi connectivity index (χ0n) is 10.4. The molecule has 1 rings (SSSR count). The van der Waals surface area contributed by atoms with Gasteiger partial charge in [-0.2, -0.15) is 0 Å². The van der Waals surface area contributed by atoms with Crippen LogP contribution < -0.4 is 5.73 Å². The number of carbonyl (C=O) groups excluding carboxylic acids is 1. The Kier molecular flexibility index (Phi) is 6.32. The van der Waals surface area contributed by atoms with Gasteiger partial charge in [-0.05, 0) is 53.8 Å². The van der Waals surface area contributed by atoms with Crippen molar-refractivity contribution in [2.24, 2.45) is 5.73 Å². The van der Waals surface area contributed by atoms with Crippen molar-refractivity contribution < 1.29 is 9.53 Å². The average Bonchev–Trinajstić information content (AvgIpc) is 2.01. The quantitative estimate of drug-likeness (QED) is 0.673. The Bertz CT molecular complexity index is 182. The normalized spacial score (nSPS) is 17.6. The summed E-state index contributed by atoms with van der Waals surface area (Å²) in [6, 6.07) is 0. The van der Waals surface area contributed by atoms with Crippen LogP contribution in [0.3, 0.4) is 0 Å². The summed E-state index contributed by atoms with van der Waals surface area (Å²) >= 11 is 0. The van der Waals surface area contributed by atoms with E-state index in [1.54, 1.807) is 20.8 Å². The van der Waals surface area contributed by atoms with Crippen molar-refractivity contribution in [2.45, 2.75) is 45.6 Å². The van der Waals surface area contributed by atoms with Crippen LogP contribution in [0.15, 0.2) is 0 Å². The molecule has 1 amide bonds. The van der Waals surface area contributed by atoms with Crippen LogP contribution in [0.5, 0.6) is 0 Å². The van der Waals surface area contributed by atoms with Crippen LogP contribution in [-0.2, 0) is 4.74 Å². The molecule has 1 saturated heterocycles. The fraction of sp³-hybridized carbons (Fsp3) is 0.909. The second-order valence-electron chi connectivity index (χ2n) is 4.90. The van der Waals surface area contributed by atoms with Gasteiger partial charge in [0.05, 0.1) is 0 Å². The number of nitrogens with two attached hydrogens (primary N) is 1. The van der Waals surface area contributed by atoms with Gasteiger partial charge in [-0.1, -0.05) is 6.42 Å². The fourth-order valence-electron chi connectivity index (χ4n) is 1.35. The maximum Gasteiger partial charge on any atom is 0.405 e. The minimum Gasteiger partial charge on any atom is -0.444 e. The van der Waals surface area contributed by atoms with E-state index < -0.39 is 11.7 Å². The molecule has 0 aromatic carbocycles. The molecule has 15 heavy (non-hydrogen) atoms. The van der Waals surface area contributed by atoms with Crippen molar-refractivity contribution in [2.75, 3.05) is 20.1 Å². The molecular weight excluding hydrogens is 192 g/mol. The Balaban J connectivity index is 0.000000262. The van der Waals surface area contributed by atoms with Crippen molar-refractivity contribution >= 4 is 6.09 Å². The summed E-state index contributed by atoms with van der Waals surface area (Å²) in [7, 11) is 2.19. The number of hydrogen-bond donors (Lipinski definition) is 1. The minimum atomic E-state index is -0.725. The summed E-state index contributed by atoms with van der Waals surface area (Å²) in [4.78, 5) is 12.4. The maximum atomic E-state index is 10.0. The predicted molar refractivity (Wildman–Crippen MR) is 61.8 cm³/mol. The molecule has 0 aromatic rings. The van der Waals surface area contributed by atoms with Crippen molar-refractivity contribution in [3.8, 4) is 0 Å². The predicted octanol–water partition coefficient (Wildman–Crippen LogP) is 1.98. The molecule has 0 bridgehead atoms. The van der Waals surface area contributed by atoms with Gasteiger partial charge in [0.25, 0.3) is 0 Å². The highest BCUT2D eigenvalue weighted by Crippen LogP contribution is 2.05. The number of primary amides is 1. The first-order chi connectivity index (χ1) is 6.81. The fourth-order valence-corrected chi connectivity index (χ4v) is 1.35. The number of ether oxygens (including phenoxy) is 1. The van der Waals surface area contributed by atoms with E-state index in [0.717, 1.165) is 0 Å². The van der Waals surface area contributed by atoms with E-state index in [-0.39, 0.29) is 0 Å². The molecular formula is C11H24N2O2. The van der Waals surface area contributed by atoms with E-state index in [9.17, 15) is 4.79 Å². The van der Waals surface area contributed by atoms with E-state index in [2.05, 4.69) is 16.7 Å². The van der Waals surface area contributed by atoms with Gasteiger partial charge in [-0.25, -0.2) is 4.79 Å². The SMILES string of the molecule is CC(C)(C)OC(N)=O.CN1CCCCC1. The summed E-state index contributed by atoms with van der Waals surface area (Å²) in [5.74, 6) is 0. The van der Waals surface area contributed by atoms with Gasteiger partial charge in [-0.3, -0.25) is 0 Å². The number of likely N-dealkylation sites (tertiary alicyclic amines) is 1. The van der Waals surface area contributed by atoms with E-state index in [0.29, 0.717) is 0 Å². The lowest BCUT2D eigenvalue weighted by Crippen LogP contribution is -2.27. The standard InChI is InChI=1S/C6H13N.C5H11NO2/c1-7-5-3-2-4-6-7;1-5(2,3)8-4(6)7/h2-6H2,1H3;1-3H3,(H2,6,7). The van der Waals surface area contributed by atoms with Crippen molar-refractivity contribution in [1.29, 1.82) is 0 Å².